The number of nitrogens with one attached hydrogen (secondary N) is 1. The second-order valence-corrected chi connectivity index (χ2v) is 5.88. The van der Waals surface area contributed by atoms with Crippen molar-refractivity contribution in [3.8, 4) is 0 Å². The molecule has 0 aliphatic heterocycles. The van der Waals surface area contributed by atoms with Crippen LogP contribution >= 0.6 is 23.2 Å². The molecule has 5 heteroatoms. The first kappa shape index (κ1) is 15.7. The highest BCUT2D eigenvalue weighted by Gasteiger charge is 2.14. The van der Waals surface area contributed by atoms with E-state index >= 15 is 0 Å². The number of hydrogen-bond acceptors (Lipinski definition) is 2. The highest BCUT2D eigenvalue weighted by atomic mass is 35.5. The molecule has 2 aromatic rings. The van der Waals surface area contributed by atoms with Crippen LogP contribution in [0.25, 0.3) is 0 Å². The van der Waals surface area contributed by atoms with Crippen molar-refractivity contribution >= 4 is 40.5 Å². The fourth-order valence-electron chi connectivity index (χ4n) is 1.95. The van der Waals surface area contributed by atoms with Crippen molar-refractivity contribution < 1.29 is 4.79 Å². The number of amides is 1. The number of hydrogen-bond donors (Lipinski definition) is 2. The molecule has 2 rings (SSSR count). The van der Waals surface area contributed by atoms with Gasteiger partial charge in [-0.3, -0.25) is 4.79 Å². The van der Waals surface area contributed by atoms with Crippen LogP contribution in [0, 0.1) is 0 Å². The van der Waals surface area contributed by atoms with E-state index < -0.39 is 0 Å². The third kappa shape index (κ3) is 3.69. The van der Waals surface area contributed by atoms with Crippen LogP contribution in [0.2, 0.25) is 10.0 Å². The van der Waals surface area contributed by atoms with Gasteiger partial charge in [0.1, 0.15) is 0 Å². The van der Waals surface area contributed by atoms with Gasteiger partial charge in [0.05, 0.1) is 15.6 Å². The number of carbonyl (C=O) groups is 1. The zero-order valence-corrected chi connectivity index (χ0v) is 13.3. The Morgan fingerprint density at radius 3 is 2.57 bits per heavy atom. The Labute approximate surface area is 134 Å². The van der Waals surface area contributed by atoms with E-state index in [-0.39, 0.29) is 21.5 Å². The monoisotopic (exact) mass is 322 g/mol. The first-order valence-electron chi connectivity index (χ1n) is 6.54. The molecule has 0 fully saturated rings. The van der Waals surface area contributed by atoms with Crippen LogP contribution < -0.4 is 11.1 Å². The Hall–Kier alpha value is -1.71. The minimum atomic E-state index is -0.338. The topological polar surface area (TPSA) is 55.1 Å². The molecular formula is C16H16Cl2N2O. The lowest BCUT2D eigenvalue weighted by Crippen LogP contribution is -2.13. The highest BCUT2D eigenvalue weighted by Crippen LogP contribution is 2.29. The minimum Gasteiger partial charge on any atom is -0.399 e. The maximum Gasteiger partial charge on any atom is 0.257 e. The summed E-state index contributed by atoms with van der Waals surface area (Å²) in [5, 5.41) is 3.27. The van der Waals surface area contributed by atoms with Crippen molar-refractivity contribution in [3.63, 3.8) is 0 Å². The average Bonchev–Trinajstić information content (AvgIpc) is 2.43. The summed E-state index contributed by atoms with van der Waals surface area (Å²) in [5.74, 6) is 0.0439. The summed E-state index contributed by atoms with van der Waals surface area (Å²) in [6.07, 6.45) is 0. The molecule has 110 valence electrons. The molecule has 0 saturated heterocycles. The van der Waals surface area contributed by atoms with E-state index in [1.165, 1.54) is 12.1 Å². The molecule has 0 aliphatic carbocycles. The van der Waals surface area contributed by atoms with Crippen molar-refractivity contribution in [1.82, 2.24) is 0 Å². The van der Waals surface area contributed by atoms with Crippen molar-refractivity contribution in [1.29, 1.82) is 0 Å². The molecule has 0 saturated carbocycles. The van der Waals surface area contributed by atoms with E-state index in [1.54, 1.807) is 0 Å². The molecule has 0 aliphatic rings. The Bertz CT molecular complexity index is 684. The molecule has 2 aromatic carbocycles. The van der Waals surface area contributed by atoms with Gasteiger partial charge in [0, 0.05) is 11.4 Å². The lowest BCUT2D eigenvalue weighted by Gasteiger charge is -2.11. The third-order valence-corrected chi connectivity index (χ3v) is 3.91. The molecule has 3 nitrogen and oxygen atoms in total. The van der Waals surface area contributed by atoms with Crippen LogP contribution in [0.5, 0.6) is 0 Å². The molecule has 0 unspecified atom stereocenters. The summed E-state index contributed by atoms with van der Waals surface area (Å²) >= 11 is 12.0. The second-order valence-electron chi connectivity index (χ2n) is 5.10. The summed E-state index contributed by atoms with van der Waals surface area (Å²) in [7, 11) is 0. The van der Waals surface area contributed by atoms with E-state index in [4.69, 9.17) is 28.9 Å². The van der Waals surface area contributed by atoms with E-state index in [2.05, 4.69) is 19.2 Å². The molecule has 21 heavy (non-hydrogen) atoms. The predicted octanol–water partition coefficient (Wildman–Crippen LogP) is 4.95. The van der Waals surface area contributed by atoms with Gasteiger partial charge in [-0.1, -0.05) is 49.2 Å². The van der Waals surface area contributed by atoms with Crippen molar-refractivity contribution in [2.45, 2.75) is 19.8 Å². The van der Waals surface area contributed by atoms with Crippen molar-refractivity contribution in [3.05, 3.63) is 57.6 Å². The van der Waals surface area contributed by atoms with Gasteiger partial charge in [-0.15, -0.1) is 0 Å². The van der Waals surface area contributed by atoms with Crippen LogP contribution in [0.1, 0.15) is 35.7 Å². The first-order valence-corrected chi connectivity index (χ1v) is 7.30. The SMILES string of the molecule is CC(C)c1cccc(NC(=O)c2cc(N)cc(Cl)c2Cl)c1. The van der Waals surface area contributed by atoms with Crippen LogP contribution in [-0.4, -0.2) is 5.91 Å². The van der Waals surface area contributed by atoms with Crippen LogP contribution in [-0.2, 0) is 0 Å². The van der Waals surface area contributed by atoms with Crippen LogP contribution in [0.4, 0.5) is 11.4 Å². The number of anilines is 2. The zero-order chi connectivity index (χ0) is 15.6. The number of nitrogen functional groups attached to an aromatic ring is 1. The first-order chi connectivity index (χ1) is 9.88. The smallest absolute Gasteiger partial charge is 0.257 e. The maximum absolute atomic E-state index is 12.3. The van der Waals surface area contributed by atoms with Crippen LogP contribution in [0.3, 0.4) is 0 Å². The summed E-state index contributed by atoms with van der Waals surface area (Å²) in [4.78, 5) is 12.3. The van der Waals surface area contributed by atoms with Gasteiger partial charge in [-0.05, 0) is 35.7 Å². The number of halogens is 2. The van der Waals surface area contributed by atoms with Gasteiger partial charge in [0.15, 0.2) is 0 Å². The van der Waals surface area contributed by atoms with Gasteiger partial charge in [0.2, 0.25) is 0 Å². The second kappa shape index (κ2) is 6.37. The number of benzene rings is 2. The van der Waals surface area contributed by atoms with Gasteiger partial charge >= 0.3 is 0 Å². The molecule has 3 N–H and O–H groups in total. The molecule has 0 bridgehead atoms. The van der Waals surface area contributed by atoms with E-state index in [1.807, 2.05) is 24.3 Å². The standard InChI is InChI=1S/C16H16Cl2N2O/c1-9(2)10-4-3-5-12(6-10)20-16(21)13-7-11(19)8-14(17)15(13)18/h3-9H,19H2,1-2H3,(H,20,21). The third-order valence-electron chi connectivity index (χ3n) is 3.11. The van der Waals surface area contributed by atoms with Gasteiger partial charge < -0.3 is 11.1 Å². The lowest BCUT2D eigenvalue weighted by molar-refractivity contribution is 0.102. The summed E-state index contributed by atoms with van der Waals surface area (Å²) < 4.78 is 0. The fourth-order valence-corrected chi connectivity index (χ4v) is 2.37. The van der Waals surface area contributed by atoms with Gasteiger partial charge in [-0.2, -0.15) is 0 Å². The molecule has 0 radical (unpaired) electrons. The van der Waals surface area contributed by atoms with E-state index in [0.717, 1.165) is 5.56 Å². The minimum absolute atomic E-state index is 0.198. The highest BCUT2D eigenvalue weighted by molar-refractivity contribution is 6.44. The molecule has 0 aromatic heterocycles. The van der Waals surface area contributed by atoms with E-state index in [0.29, 0.717) is 17.3 Å². The van der Waals surface area contributed by atoms with Gasteiger partial charge in [0.25, 0.3) is 5.91 Å². The summed E-state index contributed by atoms with van der Waals surface area (Å²) in [6, 6.07) is 10.7. The summed E-state index contributed by atoms with van der Waals surface area (Å²) in [5.41, 5.74) is 8.21. The quantitative estimate of drug-likeness (QED) is 0.785. The van der Waals surface area contributed by atoms with Crippen molar-refractivity contribution in [2.24, 2.45) is 0 Å². The number of nitrogens with two attached hydrogens (primary N) is 1. The Morgan fingerprint density at radius 2 is 1.90 bits per heavy atom. The predicted molar refractivity (Wildman–Crippen MR) is 89.4 cm³/mol. The molecule has 1 amide bonds. The Balaban J connectivity index is 2.28. The molecule has 0 atom stereocenters. The summed E-state index contributed by atoms with van der Waals surface area (Å²) in [6.45, 7) is 4.19. The molecule has 0 spiro atoms. The van der Waals surface area contributed by atoms with Crippen molar-refractivity contribution in [2.75, 3.05) is 11.1 Å². The van der Waals surface area contributed by atoms with E-state index in [9.17, 15) is 4.79 Å². The number of rotatable bonds is 3. The van der Waals surface area contributed by atoms with Gasteiger partial charge in [-0.25, -0.2) is 0 Å². The normalized spacial score (nSPS) is 10.7. The lowest BCUT2D eigenvalue weighted by atomic mass is 10.0. The molecule has 0 heterocycles. The average molecular weight is 323 g/mol. The zero-order valence-electron chi connectivity index (χ0n) is 11.8. The Morgan fingerprint density at radius 1 is 1.19 bits per heavy atom. The largest absolute Gasteiger partial charge is 0.399 e. The fraction of sp³-hybridized carbons (Fsp3) is 0.188. The van der Waals surface area contributed by atoms with Crippen LogP contribution in [0.15, 0.2) is 36.4 Å². The number of carbonyl (C=O) groups excluding carboxylic acids is 1. The molecular weight excluding hydrogens is 307 g/mol. The maximum atomic E-state index is 12.3. The Kier molecular flexibility index (Phi) is 4.76.